The molecule has 0 saturated heterocycles. The van der Waals surface area contributed by atoms with Gasteiger partial charge in [-0.25, -0.2) is 4.39 Å². The highest BCUT2D eigenvalue weighted by Gasteiger charge is 2.22. The van der Waals surface area contributed by atoms with Crippen LogP contribution in [0.1, 0.15) is 52.5 Å². The number of carbonyl (C=O) groups is 3. The second-order valence-corrected chi connectivity index (χ2v) is 9.32. The first-order chi connectivity index (χ1) is 16.0. The molecular weight excluding hydrogens is 461 g/mol. The number of amides is 1. The summed E-state index contributed by atoms with van der Waals surface area (Å²) in [7, 11) is 0. The van der Waals surface area contributed by atoms with Gasteiger partial charge in [-0.3, -0.25) is 14.4 Å². The summed E-state index contributed by atoms with van der Waals surface area (Å²) >= 11 is 6.03. The fraction of sp³-hybridized carbons (Fsp3) is 0.423. The fourth-order valence-electron chi connectivity index (χ4n) is 3.33. The van der Waals surface area contributed by atoms with Crippen molar-refractivity contribution in [2.75, 3.05) is 6.61 Å². The Morgan fingerprint density at radius 1 is 1.03 bits per heavy atom. The van der Waals surface area contributed by atoms with Crippen LogP contribution in [-0.4, -0.2) is 36.1 Å². The van der Waals surface area contributed by atoms with Crippen molar-refractivity contribution in [2.24, 2.45) is 0 Å². The van der Waals surface area contributed by atoms with Crippen LogP contribution in [-0.2, 0) is 30.3 Å². The van der Waals surface area contributed by atoms with Gasteiger partial charge in [0, 0.05) is 17.5 Å². The first-order valence-electron chi connectivity index (χ1n) is 11.2. The Bertz CT molecular complexity index is 1020. The highest BCUT2D eigenvalue weighted by atomic mass is 35.5. The third-order valence-electron chi connectivity index (χ3n) is 4.74. The molecule has 0 saturated carbocycles. The van der Waals surface area contributed by atoms with Crippen LogP contribution in [0.25, 0.3) is 11.1 Å². The zero-order valence-corrected chi connectivity index (χ0v) is 20.7. The van der Waals surface area contributed by atoms with Crippen molar-refractivity contribution >= 4 is 29.4 Å². The summed E-state index contributed by atoms with van der Waals surface area (Å²) in [5.41, 5.74) is 1.13. The van der Waals surface area contributed by atoms with Crippen LogP contribution in [0.4, 0.5) is 4.39 Å². The molecule has 0 bridgehead atoms. The van der Waals surface area contributed by atoms with Gasteiger partial charge in [-0.1, -0.05) is 35.9 Å². The summed E-state index contributed by atoms with van der Waals surface area (Å²) in [6.45, 7) is 7.10. The Hall–Kier alpha value is -2.93. The van der Waals surface area contributed by atoms with Crippen LogP contribution in [0.15, 0.2) is 42.5 Å². The average Bonchev–Trinajstić information content (AvgIpc) is 2.72. The van der Waals surface area contributed by atoms with E-state index in [1.165, 1.54) is 6.07 Å². The predicted molar refractivity (Wildman–Crippen MR) is 129 cm³/mol. The number of carbonyl (C=O) groups excluding carboxylic acids is 3. The predicted octanol–water partition coefficient (Wildman–Crippen LogP) is 5.25. The van der Waals surface area contributed by atoms with E-state index in [1.807, 2.05) is 6.07 Å². The third kappa shape index (κ3) is 9.51. The van der Waals surface area contributed by atoms with Gasteiger partial charge in [-0.15, -0.1) is 0 Å². The topological polar surface area (TPSA) is 81.7 Å². The third-order valence-corrected chi connectivity index (χ3v) is 4.97. The fourth-order valence-corrected chi connectivity index (χ4v) is 3.52. The van der Waals surface area contributed by atoms with Gasteiger partial charge in [0.25, 0.3) is 0 Å². The molecule has 34 heavy (non-hydrogen) atoms. The molecule has 0 fully saturated rings. The van der Waals surface area contributed by atoms with Gasteiger partial charge in [-0.05, 0) is 69.0 Å². The second-order valence-electron chi connectivity index (χ2n) is 8.88. The molecule has 8 heteroatoms. The summed E-state index contributed by atoms with van der Waals surface area (Å²) in [4.78, 5) is 36.4. The SMILES string of the molecule is CCOC(=O)C[C@@H](Cc1ccc(-c2cccc(Cl)c2)cc1F)NC(=O)CCC(=O)OC(C)(C)C. The summed E-state index contributed by atoms with van der Waals surface area (Å²) in [6, 6.07) is 11.2. The van der Waals surface area contributed by atoms with Gasteiger partial charge in [0.05, 0.1) is 19.4 Å². The molecule has 2 aromatic rings. The molecule has 0 aromatic heterocycles. The number of rotatable bonds is 10. The monoisotopic (exact) mass is 491 g/mol. The molecule has 1 amide bonds. The van der Waals surface area contributed by atoms with Crippen molar-refractivity contribution in [3.05, 3.63) is 58.9 Å². The van der Waals surface area contributed by atoms with Crippen LogP contribution >= 0.6 is 11.6 Å². The van der Waals surface area contributed by atoms with E-state index in [-0.39, 0.29) is 32.3 Å². The molecular formula is C26H31ClFNO5. The molecule has 1 atom stereocenters. The lowest BCUT2D eigenvalue weighted by Crippen LogP contribution is -2.39. The van der Waals surface area contributed by atoms with Crippen LogP contribution in [0.3, 0.4) is 0 Å². The minimum atomic E-state index is -0.697. The van der Waals surface area contributed by atoms with Gasteiger partial charge < -0.3 is 14.8 Å². The highest BCUT2D eigenvalue weighted by Crippen LogP contribution is 2.25. The lowest BCUT2D eigenvalue weighted by atomic mass is 9.98. The molecule has 0 radical (unpaired) electrons. The van der Waals surface area contributed by atoms with Gasteiger partial charge in [0.15, 0.2) is 0 Å². The summed E-state index contributed by atoms with van der Waals surface area (Å²) in [5, 5.41) is 3.27. The number of benzene rings is 2. The van der Waals surface area contributed by atoms with E-state index in [2.05, 4.69) is 5.32 Å². The summed E-state index contributed by atoms with van der Waals surface area (Å²) in [5.74, 6) is -1.89. The van der Waals surface area contributed by atoms with Crippen molar-refractivity contribution in [2.45, 2.75) is 65.0 Å². The van der Waals surface area contributed by atoms with E-state index in [9.17, 15) is 18.8 Å². The van der Waals surface area contributed by atoms with Crippen LogP contribution in [0.2, 0.25) is 5.02 Å². The minimum Gasteiger partial charge on any atom is -0.466 e. The average molecular weight is 492 g/mol. The molecule has 6 nitrogen and oxygen atoms in total. The van der Waals surface area contributed by atoms with Crippen molar-refractivity contribution in [3.8, 4) is 11.1 Å². The number of halogens is 2. The molecule has 0 aliphatic carbocycles. The molecule has 1 N–H and O–H groups in total. The highest BCUT2D eigenvalue weighted by molar-refractivity contribution is 6.30. The summed E-state index contributed by atoms with van der Waals surface area (Å²) < 4.78 is 25.1. The normalized spacial score (nSPS) is 12.1. The number of nitrogens with one attached hydrogen (secondary N) is 1. The van der Waals surface area contributed by atoms with Crippen LogP contribution in [0, 0.1) is 5.82 Å². The number of hydrogen-bond donors (Lipinski definition) is 1. The Morgan fingerprint density at radius 2 is 1.74 bits per heavy atom. The maximum atomic E-state index is 14.9. The molecule has 0 aliphatic heterocycles. The zero-order chi connectivity index (χ0) is 25.3. The van der Waals surface area contributed by atoms with E-state index < -0.39 is 35.3 Å². The Balaban J connectivity index is 2.09. The zero-order valence-electron chi connectivity index (χ0n) is 20.0. The van der Waals surface area contributed by atoms with Crippen molar-refractivity contribution < 1.29 is 28.2 Å². The van der Waals surface area contributed by atoms with E-state index in [0.717, 1.165) is 5.56 Å². The first kappa shape index (κ1) is 27.3. The molecule has 2 rings (SSSR count). The molecule has 0 aliphatic rings. The maximum absolute atomic E-state index is 14.9. The van der Waals surface area contributed by atoms with Crippen LogP contribution < -0.4 is 5.32 Å². The van der Waals surface area contributed by atoms with Gasteiger partial charge >= 0.3 is 11.9 Å². The van der Waals surface area contributed by atoms with Crippen molar-refractivity contribution in [1.29, 1.82) is 0 Å². The quantitative estimate of drug-likeness (QED) is 0.459. The largest absolute Gasteiger partial charge is 0.466 e. The molecule has 2 aromatic carbocycles. The first-order valence-corrected chi connectivity index (χ1v) is 11.6. The molecule has 0 heterocycles. The lowest BCUT2D eigenvalue weighted by Gasteiger charge is -2.20. The van der Waals surface area contributed by atoms with E-state index >= 15 is 0 Å². The summed E-state index contributed by atoms with van der Waals surface area (Å²) in [6.07, 6.45) is -0.248. The molecule has 0 unspecified atom stereocenters. The number of ether oxygens (including phenoxy) is 2. The molecule has 0 spiro atoms. The molecule has 184 valence electrons. The van der Waals surface area contributed by atoms with Gasteiger partial charge in [0.1, 0.15) is 11.4 Å². The van der Waals surface area contributed by atoms with E-state index in [0.29, 0.717) is 16.1 Å². The Morgan fingerprint density at radius 3 is 2.35 bits per heavy atom. The lowest BCUT2D eigenvalue weighted by molar-refractivity contribution is -0.156. The Kier molecular flexibility index (Phi) is 10.1. The minimum absolute atomic E-state index is 0.0820. The smallest absolute Gasteiger partial charge is 0.307 e. The number of esters is 2. The second kappa shape index (κ2) is 12.5. The van der Waals surface area contributed by atoms with Crippen molar-refractivity contribution in [3.63, 3.8) is 0 Å². The van der Waals surface area contributed by atoms with E-state index in [1.54, 1.807) is 58.0 Å². The van der Waals surface area contributed by atoms with Gasteiger partial charge in [-0.2, -0.15) is 0 Å². The Labute approximate surface area is 204 Å². The van der Waals surface area contributed by atoms with Gasteiger partial charge in [0.2, 0.25) is 5.91 Å². The van der Waals surface area contributed by atoms with Crippen LogP contribution in [0.5, 0.6) is 0 Å². The standard InChI is InChI=1S/C26H31ClFNO5/c1-5-33-25(32)16-21(29-23(30)11-12-24(31)34-26(2,3)4)14-19-10-9-18(15-22(19)28)17-7-6-8-20(27)13-17/h6-10,13,15,21H,5,11-12,14,16H2,1-4H3,(H,29,30)/t21-/m1/s1. The van der Waals surface area contributed by atoms with E-state index in [4.69, 9.17) is 21.1 Å². The number of hydrogen-bond acceptors (Lipinski definition) is 5. The maximum Gasteiger partial charge on any atom is 0.307 e. The van der Waals surface area contributed by atoms with Crippen molar-refractivity contribution in [1.82, 2.24) is 5.32 Å².